The van der Waals surface area contributed by atoms with Crippen LogP contribution in [0.1, 0.15) is 22.8 Å². The minimum Gasteiger partial charge on any atom is -0.478 e. The Labute approximate surface area is 104 Å². The van der Waals surface area contributed by atoms with Crippen LogP contribution in [0.15, 0.2) is 24.3 Å². The average molecular weight is 254 g/mol. The van der Waals surface area contributed by atoms with Crippen LogP contribution < -0.4 is 5.32 Å². The van der Waals surface area contributed by atoms with E-state index in [1.807, 2.05) is 0 Å². The van der Waals surface area contributed by atoms with E-state index in [1.165, 1.54) is 19.1 Å². The highest BCUT2D eigenvalue weighted by Crippen LogP contribution is 2.19. The molecule has 0 atom stereocenters. The van der Waals surface area contributed by atoms with Gasteiger partial charge in [-0.25, -0.2) is 4.79 Å². The van der Waals surface area contributed by atoms with Gasteiger partial charge in [0.15, 0.2) is 0 Å². The standard InChI is InChI=1S/C12H12ClNO3/c1-8(15)14-6-2-3-9-4-5-10(12(16)17)7-11(9)13/h2-5,7H,6H2,1H3,(H,14,15)(H,16,17). The maximum atomic E-state index is 10.7. The van der Waals surface area contributed by atoms with E-state index in [4.69, 9.17) is 16.7 Å². The largest absolute Gasteiger partial charge is 0.478 e. The zero-order chi connectivity index (χ0) is 12.8. The number of hydrogen-bond acceptors (Lipinski definition) is 2. The van der Waals surface area contributed by atoms with Gasteiger partial charge in [-0.2, -0.15) is 0 Å². The molecule has 0 aromatic heterocycles. The Bertz CT molecular complexity index is 469. The first-order valence-corrected chi connectivity index (χ1v) is 5.32. The summed E-state index contributed by atoms with van der Waals surface area (Å²) < 4.78 is 0. The summed E-state index contributed by atoms with van der Waals surface area (Å²) in [6.45, 7) is 1.84. The van der Waals surface area contributed by atoms with Crippen molar-refractivity contribution in [3.05, 3.63) is 40.4 Å². The van der Waals surface area contributed by atoms with Crippen molar-refractivity contribution in [3.63, 3.8) is 0 Å². The van der Waals surface area contributed by atoms with Gasteiger partial charge in [0.1, 0.15) is 0 Å². The first kappa shape index (κ1) is 13.3. The van der Waals surface area contributed by atoms with E-state index in [9.17, 15) is 9.59 Å². The van der Waals surface area contributed by atoms with E-state index < -0.39 is 5.97 Å². The smallest absolute Gasteiger partial charge is 0.335 e. The maximum absolute atomic E-state index is 10.7. The Morgan fingerprint density at radius 2 is 2.18 bits per heavy atom. The molecule has 1 aromatic carbocycles. The molecule has 0 aliphatic heterocycles. The number of carboxylic acids is 1. The first-order valence-electron chi connectivity index (χ1n) is 4.94. The monoisotopic (exact) mass is 253 g/mol. The first-order chi connectivity index (χ1) is 8.00. The zero-order valence-electron chi connectivity index (χ0n) is 9.24. The second kappa shape index (κ2) is 6.06. The predicted molar refractivity (Wildman–Crippen MR) is 66.1 cm³/mol. The van der Waals surface area contributed by atoms with Gasteiger partial charge in [0.05, 0.1) is 5.56 Å². The molecule has 2 N–H and O–H groups in total. The van der Waals surface area contributed by atoms with E-state index in [2.05, 4.69) is 5.32 Å². The Morgan fingerprint density at radius 1 is 1.47 bits per heavy atom. The van der Waals surface area contributed by atoms with E-state index >= 15 is 0 Å². The molecule has 0 bridgehead atoms. The molecule has 17 heavy (non-hydrogen) atoms. The lowest BCUT2D eigenvalue weighted by Crippen LogP contribution is -2.19. The highest BCUT2D eigenvalue weighted by molar-refractivity contribution is 6.32. The molecule has 90 valence electrons. The number of benzene rings is 1. The lowest BCUT2D eigenvalue weighted by Gasteiger charge is -2.00. The second-order valence-corrected chi connectivity index (χ2v) is 3.79. The fourth-order valence-corrected chi connectivity index (χ4v) is 1.43. The molecule has 0 spiro atoms. The van der Waals surface area contributed by atoms with E-state index in [-0.39, 0.29) is 11.5 Å². The van der Waals surface area contributed by atoms with Gasteiger partial charge in [-0.1, -0.05) is 29.8 Å². The molecule has 0 radical (unpaired) electrons. The minimum absolute atomic E-state index is 0.109. The van der Waals surface area contributed by atoms with Gasteiger partial charge in [0.2, 0.25) is 5.91 Å². The Kier molecular flexibility index (Phi) is 4.72. The molecule has 0 saturated carbocycles. The van der Waals surface area contributed by atoms with Crippen LogP contribution in [-0.2, 0) is 4.79 Å². The van der Waals surface area contributed by atoms with Crippen molar-refractivity contribution in [1.29, 1.82) is 0 Å². The summed E-state index contributed by atoms with van der Waals surface area (Å²) in [6, 6.07) is 4.49. The van der Waals surface area contributed by atoms with Crippen molar-refractivity contribution in [2.45, 2.75) is 6.92 Å². The summed E-state index contributed by atoms with van der Waals surface area (Å²) in [5.41, 5.74) is 0.857. The van der Waals surface area contributed by atoms with Crippen LogP contribution in [0, 0.1) is 0 Å². The quantitative estimate of drug-likeness (QED) is 0.864. The SMILES string of the molecule is CC(=O)NCC=Cc1ccc(C(=O)O)cc1Cl. The summed E-state index contributed by atoms with van der Waals surface area (Å²) in [5.74, 6) is -1.12. The molecule has 0 fully saturated rings. The Hall–Kier alpha value is -1.81. The lowest BCUT2D eigenvalue weighted by atomic mass is 10.1. The van der Waals surface area contributed by atoms with Gasteiger partial charge >= 0.3 is 5.97 Å². The van der Waals surface area contributed by atoms with Crippen LogP contribution in [0.5, 0.6) is 0 Å². The molecule has 1 aromatic rings. The van der Waals surface area contributed by atoms with Crippen molar-refractivity contribution >= 4 is 29.6 Å². The summed E-state index contributed by atoms with van der Waals surface area (Å²) in [5, 5.41) is 11.7. The van der Waals surface area contributed by atoms with Gasteiger partial charge < -0.3 is 10.4 Å². The third-order valence-electron chi connectivity index (χ3n) is 2.01. The average Bonchev–Trinajstić information content (AvgIpc) is 2.25. The van der Waals surface area contributed by atoms with E-state index in [0.717, 1.165) is 0 Å². The third-order valence-corrected chi connectivity index (χ3v) is 2.34. The molecule has 5 heteroatoms. The Morgan fingerprint density at radius 3 is 2.71 bits per heavy atom. The number of halogens is 1. The number of carboxylic acid groups (broad SMARTS) is 1. The number of amides is 1. The number of hydrogen-bond donors (Lipinski definition) is 2. The normalized spacial score (nSPS) is 10.5. The minimum atomic E-state index is -1.01. The molecular formula is C12H12ClNO3. The maximum Gasteiger partial charge on any atom is 0.335 e. The highest BCUT2D eigenvalue weighted by Gasteiger charge is 2.04. The van der Waals surface area contributed by atoms with E-state index in [1.54, 1.807) is 18.2 Å². The van der Waals surface area contributed by atoms with Crippen LogP contribution in [-0.4, -0.2) is 23.5 Å². The molecule has 0 aliphatic carbocycles. The molecule has 0 saturated heterocycles. The fourth-order valence-electron chi connectivity index (χ4n) is 1.18. The zero-order valence-corrected chi connectivity index (χ0v) is 9.99. The Balaban J connectivity index is 2.72. The van der Waals surface area contributed by atoms with Crippen molar-refractivity contribution in [2.75, 3.05) is 6.54 Å². The van der Waals surface area contributed by atoms with Gasteiger partial charge in [-0.05, 0) is 17.7 Å². The predicted octanol–water partition coefficient (Wildman–Crippen LogP) is 2.19. The number of aromatic carboxylic acids is 1. The molecule has 0 heterocycles. The second-order valence-electron chi connectivity index (χ2n) is 3.38. The number of rotatable bonds is 4. The molecule has 1 amide bonds. The number of carbonyl (C=O) groups is 2. The summed E-state index contributed by atoms with van der Waals surface area (Å²) in [6.07, 6.45) is 3.47. The van der Waals surface area contributed by atoms with Crippen molar-refractivity contribution in [1.82, 2.24) is 5.32 Å². The van der Waals surface area contributed by atoms with Crippen molar-refractivity contribution in [3.8, 4) is 0 Å². The summed E-state index contributed by atoms with van der Waals surface area (Å²) >= 11 is 5.91. The topological polar surface area (TPSA) is 66.4 Å². The van der Waals surface area contributed by atoms with Crippen LogP contribution in [0.4, 0.5) is 0 Å². The van der Waals surface area contributed by atoms with Crippen LogP contribution in [0.25, 0.3) is 6.08 Å². The highest BCUT2D eigenvalue weighted by atomic mass is 35.5. The number of nitrogens with one attached hydrogen (secondary N) is 1. The van der Waals surface area contributed by atoms with E-state index in [0.29, 0.717) is 17.1 Å². The van der Waals surface area contributed by atoms with Crippen LogP contribution >= 0.6 is 11.6 Å². The molecule has 4 nitrogen and oxygen atoms in total. The van der Waals surface area contributed by atoms with Crippen LogP contribution in [0.2, 0.25) is 5.02 Å². The molecule has 1 rings (SSSR count). The fraction of sp³-hybridized carbons (Fsp3) is 0.167. The lowest BCUT2D eigenvalue weighted by molar-refractivity contribution is -0.118. The molecule has 0 aliphatic rings. The van der Waals surface area contributed by atoms with Gasteiger partial charge in [-0.15, -0.1) is 0 Å². The molecular weight excluding hydrogens is 242 g/mol. The van der Waals surface area contributed by atoms with Gasteiger partial charge in [-0.3, -0.25) is 4.79 Å². The molecule has 0 unspecified atom stereocenters. The van der Waals surface area contributed by atoms with Gasteiger partial charge in [0.25, 0.3) is 0 Å². The number of carbonyl (C=O) groups excluding carboxylic acids is 1. The van der Waals surface area contributed by atoms with Crippen molar-refractivity contribution in [2.24, 2.45) is 0 Å². The van der Waals surface area contributed by atoms with Gasteiger partial charge in [0, 0.05) is 18.5 Å². The summed E-state index contributed by atoms with van der Waals surface area (Å²) in [7, 11) is 0. The van der Waals surface area contributed by atoms with Crippen molar-refractivity contribution < 1.29 is 14.7 Å². The summed E-state index contributed by atoms with van der Waals surface area (Å²) in [4.78, 5) is 21.3. The third kappa shape index (κ3) is 4.28. The van der Waals surface area contributed by atoms with Crippen LogP contribution in [0.3, 0.4) is 0 Å².